The lowest BCUT2D eigenvalue weighted by molar-refractivity contribution is 0.0520. The molecule has 0 radical (unpaired) electrons. The molecule has 1 fully saturated rings. The van der Waals surface area contributed by atoms with Gasteiger partial charge in [-0.25, -0.2) is 13.2 Å². The molecule has 0 unspecified atom stereocenters. The van der Waals surface area contributed by atoms with Gasteiger partial charge >= 0.3 is 6.09 Å². The molecule has 9 heteroatoms. The predicted molar refractivity (Wildman–Crippen MR) is 132 cm³/mol. The molecule has 4 rings (SSSR count). The smallest absolute Gasteiger partial charge is 0.408 e. The molecule has 0 spiro atoms. The third-order valence-corrected chi connectivity index (χ3v) is 7.55. The number of nitrogens with zero attached hydrogens (tertiary/aromatic N) is 1. The summed E-state index contributed by atoms with van der Waals surface area (Å²) in [6, 6.07) is 12.3. The zero-order valence-corrected chi connectivity index (χ0v) is 21.5. The lowest BCUT2D eigenvalue weighted by Gasteiger charge is -2.44. The summed E-state index contributed by atoms with van der Waals surface area (Å²) in [6.45, 7) is 10.7. The molecule has 182 valence electrons. The molecule has 34 heavy (non-hydrogen) atoms. The SMILES string of the molecule is CC1(C)CN(S(=O)(=O)c2ccc(-c3cc(Cl)c4oc(CNC(=O)OC(C)(C)C)cc4c3)cc2)C1. The van der Waals surface area contributed by atoms with Crippen LogP contribution in [0.1, 0.15) is 40.4 Å². The van der Waals surface area contributed by atoms with Gasteiger partial charge in [-0.1, -0.05) is 37.6 Å². The summed E-state index contributed by atoms with van der Waals surface area (Å²) in [5.41, 5.74) is 1.62. The van der Waals surface area contributed by atoms with Crippen molar-refractivity contribution in [2.45, 2.75) is 51.7 Å². The van der Waals surface area contributed by atoms with E-state index in [1.54, 1.807) is 51.1 Å². The van der Waals surface area contributed by atoms with Gasteiger partial charge in [-0.15, -0.1) is 0 Å². The second-order valence-corrected chi connectivity index (χ2v) is 12.8. The van der Waals surface area contributed by atoms with Crippen LogP contribution >= 0.6 is 11.6 Å². The van der Waals surface area contributed by atoms with Gasteiger partial charge in [0.2, 0.25) is 10.0 Å². The second kappa shape index (κ2) is 8.59. The largest absolute Gasteiger partial charge is 0.458 e. The van der Waals surface area contributed by atoms with Gasteiger partial charge in [0.1, 0.15) is 11.4 Å². The quantitative estimate of drug-likeness (QED) is 0.473. The zero-order chi connectivity index (χ0) is 24.9. The summed E-state index contributed by atoms with van der Waals surface area (Å²) in [5, 5.41) is 3.87. The number of carbonyl (C=O) groups excluding carboxylic acids is 1. The van der Waals surface area contributed by atoms with Crippen molar-refractivity contribution in [3.05, 3.63) is 53.2 Å². The molecule has 7 nitrogen and oxygen atoms in total. The molecule has 1 saturated heterocycles. The minimum Gasteiger partial charge on any atom is -0.458 e. The van der Waals surface area contributed by atoms with E-state index in [-0.39, 0.29) is 16.9 Å². The lowest BCUT2D eigenvalue weighted by atomic mass is 9.87. The Kier molecular flexibility index (Phi) is 6.21. The summed E-state index contributed by atoms with van der Waals surface area (Å²) in [6.07, 6.45) is -0.531. The van der Waals surface area contributed by atoms with Crippen LogP contribution in [0.25, 0.3) is 22.1 Å². The van der Waals surface area contributed by atoms with Gasteiger partial charge < -0.3 is 14.5 Å². The Morgan fingerprint density at radius 1 is 1.12 bits per heavy atom. The van der Waals surface area contributed by atoms with Crippen LogP contribution in [0.4, 0.5) is 4.79 Å². The minimum absolute atomic E-state index is 0.0189. The fraction of sp³-hybridized carbons (Fsp3) is 0.400. The van der Waals surface area contributed by atoms with Gasteiger partial charge in [-0.3, -0.25) is 0 Å². The number of carbonyl (C=O) groups is 1. The zero-order valence-electron chi connectivity index (χ0n) is 19.9. The van der Waals surface area contributed by atoms with Gasteiger partial charge in [0.15, 0.2) is 5.58 Å². The third-order valence-electron chi connectivity index (χ3n) is 5.46. The molecule has 1 aliphatic heterocycles. The summed E-state index contributed by atoms with van der Waals surface area (Å²) in [4.78, 5) is 12.2. The van der Waals surface area contributed by atoms with Crippen molar-refractivity contribution >= 4 is 38.7 Å². The highest BCUT2D eigenvalue weighted by molar-refractivity contribution is 7.89. The second-order valence-electron chi connectivity index (χ2n) is 10.4. The summed E-state index contributed by atoms with van der Waals surface area (Å²) < 4.78 is 38.2. The van der Waals surface area contributed by atoms with Crippen molar-refractivity contribution in [1.82, 2.24) is 9.62 Å². The van der Waals surface area contributed by atoms with Gasteiger partial charge in [-0.2, -0.15) is 4.31 Å². The van der Waals surface area contributed by atoms with E-state index in [2.05, 4.69) is 19.2 Å². The van der Waals surface area contributed by atoms with Crippen LogP contribution in [0.15, 0.2) is 51.8 Å². The Morgan fingerprint density at radius 2 is 1.76 bits per heavy atom. The Balaban J connectivity index is 1.52. The molecule has 0 aliphatic carbocycles. The number of ether oxygens (including phenoxy) is 1. The highest BCUT2D eigenvalue weighted by Crippen LogP contribution is 2.36. The number of benzene rings is 2. The van der Waals surface area contributed by atoms with E-state index in [4.69, 9.17) is 20.8 Å². The fourth-order valence-electron chi connectivity index (χ4n) is 3.94. The Morgan fingerprint density at radius 3 is 2.35 bits per heavy atom. The van der Waals surface area contributed by atoms with Crippen LogP contribution < -0.4 is 5.32 Å². The van der Waals surface area contributed by atoms with E-state index in [9.17, 15) is 13.2 Å². The van der Waals surface area contributed by atoms with E-state index >= 15 is 0 Å². The van der Waals surface area contributed by atoms with E-state index in [0.717, 1.165) is 16.5 Å². The van der Waals surface area contributed by atoms with Crippen LogP contribution in [0.3, 0.4) is 0 Å². The van der Waals surface area contributed by atoms with Crippen LogP contribution in [0.2, 0.25) is 5.02 Å². The molecular formula is C25H29ClN2O5S. The van der Waals surface area contributed by atoms with Gasteiger partial charge in [0.25, 0.3) is 0 Å². The van der Waals surface area contributed by atoms with E-state index in [1.165, 1.54) is 4.31 Å². The van der Waals surface area contributed by atoms with E-state index in [0.29, 0.717) is 29.5 Å². The van der Waals surface area contributed by atoms with E-state index in [1.807, 2.05) is 12.1 Å². The maximum Gasteiger partial charge on any atom is 0.408 e. The summed E-state index contributed by atoms with van der Waals surface area (Å²) in [5.74, 6) is 0.541. The van der Waals surface area contributed by atoms with Crippen LogP contribution in [-0.2, 0) is 21.3 Å². The highest BCUT2D eigenvalue weighted by Gasteiger charge is 2.41. The number of sulfonamides is 1. The number of amides is 1. The van der Waals surface area contributed by atoms with Crippen LogP contribution in [0, 0.1) is 5.41 Å². The highest BCUT2D eigenvalue weighted by atomic mass is 35.5. The molecule has 3 aromatic rings. The number of halogens is 1. The molecule has 1 aliphatic rings. The molecular weight excluding hydrogens is 476 g/mol. The normalized spacial score (nSPS) is 16.3. The predicted octanol–water partition coefficient (Wildman–Crippen LogP) is 5.81. The molecule has 2 aromatic carbocycles. The van der Waals surface area contributed by atoms with Gasteiger partial charge in [0, 0.05) is 18.5 Å². The number of nitrogens with one attached hydrogen (secondary N) is 1. The Hall–Kier alpha value is -2.55. The molecule has 0 bridgehead atoms. The lowest BCUT2D eigenvalue weighted by Crippen LogP contribution is -2.55. The Bertz CT molecular complexity index is 1330. The number of hydrogen-bond donors (Lipinski definition) is 1. The monoisotopic (exact) mass is 504 g/mol. The average molecular weight is 505 g/mol. The maximum absolute atomic E-state index is 12.8. The molecule has 0 saturated carbocycles. The standard InChI is InChI=1S/C25H29ClN2O5S/c1-24(2,3)33-23(29)27-13-19-11-18-10-17(12-21(26)22(18)32-19)16-6-8-20(9-7-16)34(30,31)28-14-25(4,5)15-28/h6-12H,13-15H2,1-5H3,(H,27,29). The first kappa shape index (κ1) is 24.6. The third kappa shape index (κ3) is 5.24. The first-order valence-corrected chi connectivity index (χ1v) is 12.8. The summed E-state index contributed by atoms with van der Waals surface area (Å²) >= 11 is 6.47. The first-order chi connectivity index (χ1) is 15.7. The number of furan rings is 1. The van der Waals surface area contributed by atoms with Crippen LogP contribution in [0.5, 0.6) is 0 Å². The summed E-state index contributed by atoms with van der Waals surface area (Å²) in [7, 11) is -3.49. The number of rotatable bonds is 5. The number of hydrogen-bond acceptors (Lipinski definition) is 5. The number of fused-ring (bicyclic) bond motifs is 1. The van der Waals surface area contributed by atoms with Crippen molar-refractivity contribution in [2.24, 2.45) is 5.41 Å². The van der Waals surface area contributed by atoms with Gasteiger partial charge in [-0.05, 0) is 67.6 Å². The Labute approximate surface area is 205 Å². The minimum atomic E-state index is -3.49. The van der Waals surface area contributed by atoms with Crippen molar-refractivity contribution in [3.63, 3.8) is 0 Å². The molecule has 1 aromatic heterocycles. The maximum atomic E-state index is 12.8. The van der Waals surface area contributed by atoms with Crippen molar-refractivity contribution in [2.75, 3.05) is 13.1 Å². The van der Waals surface area contributed by atoms with Crippen molar-refractivity contribution < 1.29 is 22.4 Å². The molecule has 2 heterocycles. The van der Waals surface area contributed by atoms with Crippen LogP contribution in [-0.4, -0.2) is 37.5 Å². The van der Waals surface area contributed by atoms with Crippen molar-refractivity contribution in [1.29, 1.82) is 0 Å². The molecule has 1 N–H and O–H groups in total. The average Bonchev–Trinajstić information content (AvgIpc) is 3.13. The van der Waals surface area contributed by atoms with E-state index < -0.39 is 21.7 Å². The molecule has 1 amide bonds. The topological polar surface area (TPSA) is 88.9 Å². The van der Waals surface area contributed by atoms with Crippen molar-refractivity contribution in [3.8, 4) is 11.1 Å². The number of alkyl carbamates (subject to hydrolysis) is 1. The van der Waals surface area contributed by atoms with Gasteiger partial charge in [0.05, 0.1) is 16.5 Å². The first-order valence-electron chi connectivity index (χ1n) is 11.0. The fourth-order valence-corrected chi connectivity index (χ4v) is 6.02. The molecule has 0 atom stereocenters.